The third-order valence-corrected chi connectivity index (χ3v) is 4.63. The van der Waals surface area contributed by atoms with Crippen LogP contribution >= 0.6 is 0 Å². The number of ether oxygens (including phenoxy) is 1. The number of benzene rings is 2. The Kier molecular flexibility index (Phi) is 16.3. The number of halogens is 2. The molecule has 1 aliphatic heterocycles. The number of aromatic hydroxyl groups is 1. The van der Waals surface area contributed by atoms with Gasteiger partial charge in [-0.2, -0.15) is 0 Å². The summed E-state index contributed by atoms with van der Waals surface area (Å²) >= 11 is 0. The number of rotatable bonds is 7. The van der Waals surface area contributed by atoms with Crippen molar-refractivity contribution in [2.45, 2.75) is 52.6 Å². The van der Waals surface area contributed by atoms with E-state index in [1.807, 2.05) is 31.2 Å². The predicted molar refractivity (Wildman–Crippen MR) is 146 cm³/mol. The third kappa shape index (κ3) is 14.8. The van der Waals surface area contributed by atoms with Crippen LogP contribution in [0.3, 0.4) is 0 Å². The van der Waals surface area contributed by atoms with E-state index in [9.17, 15) is 13.9 Å². The molecule has 0 bridgehead atoms. The molecular formula is C28H41F2N3O3. The van der Waals surface area contributed by atoms with Crippen LogP contribution in [0, 0.1) is 12.7 Å². The fraction of sp³-hybridized carbons (Fsp3) is 0.393. The first-order chi connectivity index (χ1) is 17.0. The van der Waals surface area contributed by atoms with Gasteiger partial charge >= 0.3 is 0 Å². The van der Waals surface area contributed by atoms with Crippen molar-refractivity contribution in [3.63, 3.8) is 0 Å². The van der Waals surface area contributed by atoms with E-state index < -0.39 is 11.5 Å². The van der Waals surface area contributed by atoms with Crippen LogP contribution in [0.25, 0.3) is 5.70 Å². The number of carbonyl (C=O) groups is 1. The number of phenols is 1. The molecule has 0 saturated carbocycles. The number of primary amides is 1. The van der Waals surface area contributed by atoms with Crippen molar-refractivity contribution in [1.82, 2.24) is 0 Å². The summed E-state index contributed by atoms with van der Waals surface area (Å²) in [5.74, 6) is -0.638. The second-order valence-electron chi connectivity index (χ2n) is 8.56. The number of anilines is 2. The van der Waals surface area contributed by atoms with Gasteiger partial charge in [-0.25, -0.2) is 8.78 Å². The Morgan fingerprint density at radius 3 is 2.11 bits per heavy atom. The highest BCUT2D eigenvalue weighted by Gasteiger charge is 2.14. The molecule has 0 spiro atoms. The molecule has 0 aromatic heterocycles. The molecule has 36 heavy (non-hydrogen) atoms. The van der Waals surface area contributed by atoms with Crippen LogP contribution in [0.5, 0.6) is 5.75 Å². The number of alkyl halides is 1. The number of allylic oxidation sites excluding steroid dienone is 1. The molecule has 200 valence electrons. The molecule has 8 heteroatoms. The molecule has 1 aliphatic rings. The van der Waals surface area contributed by atoms with E-state index >= 15 is 0 Å². The van der Waals surface area contributed by atoms with E-state index in [0.29, 0.717) is 29.8 Å². The zero-order chi connectivity index (χ0) is 27.6. The lowest BCUT2D eigenvalue weighted by Gasteiger charge is -2.16. The number of phenolic OH excluding ortho intramolecular Hbond substituents is 1. The van der Waals surface area contributed by atoms with Gasteiger partial charge in [-0.05, 0) is 82.9 Å². The lowest BCUT2D eigenvalue weighted by atomic mass is 10.0. The maximum absolute atomic E-state index is 14.1. The van der Waals surface area contributed by atoms with Crippen molar-refractivity contribution in [1.29, 1.82) is 0 Å². The molecular weight excluding hydrogens is 464 g/mol. The number of aryl methyl sites for hydroxylation is 1. The van der Waals surface area contributed by atoms with Crippen molar-refractivity contribution in [2.24, 2.45) is 5.73 Å². The smallest absolute Gasteiger partial charge is 0.204 e. The first-order valence-corrected chi connectivity index (χ1v) is 11.8. The topological polar surface area (TPSA) is 96.6 Å². The van der Waals surface area contributed by atoms with Gasteiger partial charge in [0.05, 0.1) is 0 Å². The molecule has 3 rings (SSSR count). The van der Waals surface area contributed by atoms with Gasteiger partial charge < -0.3 is 26.2 Å². The first-order valence-electron chi connectivity index (χ1n) is 11.8. The van der Waals surface area contributed by atoms with Gasteiger partial charge in [0.15, 0.2) is 0 Å². The summed E-state index contributed by atoms with van der Waals surface area (Å²) in [6.45, 7) is 16.5. The zero-order valence-electron chi connectivity index (χ0n) is 21.9. The van der Waals surface area contributed by atoms with E-state index in [2.05, 4.69) is 29.5 Å². The number of carbonyl (C=O) groups excluding carboxylic acids is 1. The predicted octanol–water partition coefficient (Wildman–Crippen LogP) is 6.56. The molecule has 2 aromatic carbocycles. The van der Waals surface area contributed by atoms with E-state index in [1.165, 1.54) is 18.9 Å². The normalized spacial score (nSPS) is 11.8. The van der Waals surface area contributed by atoms with Crippen LogP contribution in [0.1, 0.15) is 51.2 Å². The van der Waals surface area contributed by atoms with Gasteiger partial charge in [0.1, 0.15) is 17.2 Å². The molecule has 1 fully saturated rings. The van der Waals surface area contributed by atoms with Crippen molar-refractivity contribution in [3.8, 4) is 5.75 Å². The van der Waals surface area contributed by atoms with E-state index in [-0.39, 0.29) is 12.2 Å². The van der Waals surface area contributed by atoms with Crippen LogP contribution in [-0.2, 0) is 9.53 Å². The molecule has 0 atom stereocenters. The third-order valence-electron chi connectivity index (χ3n) is 4.63. The molecule has 0 aliphatic carbocycles. The quantitative estimate of drug-likeness (QED) is 0.252. The van der Waals surface area contributed by atoms with Crippen LogP contribution in [-0.4, -0.2) is 36.9 Å². The average molecular weight is 506 g/mol. The maximum atomic E-state index is 14.1. The van der Waals surface area contributed by atoms with Gasteiger partial charge in [0, 0.05) is 48.5 Å². The minimum absolute atomic E-state index is 0.113. The Morgan fingerprint density at radius 2 is 1.69 bits per heavy atom. The number of nitrogens with one attached hydrogen (secondary N) is 2. The van der Waals surface area contributed by atoms with Crippen LogP contribution in [0.4, 0.5) is 20.2 Å². The second-order valence-corrected chi connectivity index (χ2v) is 8.56. The van der Waals surface area contributed by atoms with Crippen LogP contribution in [0.15, 0.2) is 55.6 Å². The summed E-state index contributed by atoms with van der Waals surface area (Å²) in [5.41, 5.74) is 5.96. The monoisotopic (exact) mass is 505 g/mol. The second kappa shape index (κ2) is 18.0. The fourth-order valence-electron chi connectivity index (χ4n) is 3.03. The summed E-state index contributed by atoms with van der Waals surface area (Å²) in [6, 6.07) is 9.95. The van der Waals surface area contributed by atoms with E-state index in [1.54, 1.807) is 26.8 Å². The molecule has 0 radical (unpaired) electrons. The van der Waals surface area contributed by atoms with Gasteiger partial charge in [-0.15, -0.1) is 6.58 Å². The highest BCUT2D eigenvalue weighted by atomic mass is 19.1. The number of nitrogens with two attached hydrogens (primary N) is 1. The van der Waals surface area contributed by atoms with E-state index in [0.717, 1.165) is 30.7 Å². The van der Waals surface area contributed by atoms with Crippen LogP contribution in [0.2, 0.25) is 0 Å². The lowest BCUT2D eigenvalue weighted by Crippen LogP contribution is -2.17. The zero-order valence-corrected chi connectivity index (χ0v) is 21.9. The largest absolute Gasteiger partial charge is 0.508 e. The number of hydrogen-bond donors (Lipinski definition) is 4. The van der Waals surface area contributed by atoms with Crippen LogP contribution < -0.4 is 16.4 Å². The standard InChI is InChI=1S/C20H24F2N2O.C4H8O.C3H6.CH3NO/c1-13-11-17(25)12-18(21)19(13)14(2)24-16-7-5-15(6-8-16)23-10-9-20(3,4)22;1-2-4-5-3-1;1-3-2;2-1-3/h5-8,11-12,23-25H,2,9-10H2,1,3-4H3;1-4H2;3H,1H2,2H3;1H,(H2,2,3). The van der Waals surface area contributed by atoms with Crippen molar-refractivity contribution < 1.29 is 23.4 Å². The van der Waals surface area contributed by atoms with Crippen molar-refractivity contribution in [3.05, 3.63) is 72.6 Å². The highest BCUT2D eigenvalue weighted by Crippen LogP contribution is 2.27. The highest BCUT2D eigenvalue weighted by molar-refractivity contribution is 5.78. The SMILES string of the molecule is C1CCOC1.C=C(Nc1ccc(NCCC(C)(C)F)cc1)c1c(C)cc(O)cc1F.C=CC.NC=O. The minimum Gasteiger partial charge on any atom is -0.508 e. The summed E-state index contributed by atoms with van der Waals surface area (Å²) in [5, 5.41) is 15.6. The summed E-state index contributed by atoms with van der Waals surface area (Å²) in [6.07, 6.45) is 4.98. The molecule has 1 amide bonds. The van der Waals surface area contributed by atoms with Gasteiger partial charge in [-0.1, -0.05) is 12.7 Å². The lowest BCUT2D eigenvalue weighted by molar-refractivity contribution is -0.106. The Labute approximate surface area is 214 Å². The molecule has 6 nitrogen and oxygen atoms in total. The Hall–Kier alpha value is -3.39. The summed E-state index contributed by atoms with van der Waals surface area (Å²) in [4.78, 5) is 8.58. The first kappa shape index (κ1) is 32.6. The summed E-state index contributed by atoms with van der Waals surface area (Å²) < 4.78 is 32.5. The Morgan fingerprint density at radius 1 is 1.19 bits per heavy atom. The minimum atomic E-state index is -1.20. The Bertz CT molecular complexity index is 886. The average Bonchev–Trinajstić information content (AvgIpc) is 3.35. The fourth-order valence-corrected chi connectivity index (χ4v) is 3.03. The molecule has 2 aromatic rings. The van der Waals surface area contributed by atoms with Gasteiger partial charge in [0.2, 0.25) is 6.41 Å². The van der Waals surface area contributed by atoms with Crippen molar-refractivity contribution >= 4 is 23.5 Å². The molecule has 1 heterocycles. The van der Waals surface area contributed by atoms with Gasteiger partial charge in [0.25, 0.3) is 0 Å². The summed E-state index contributed by atoms with van der Waals surface area (Å²) in [7, 11) is 0. The van der Waals surface area contributed by atoms with E-state index in [4.69, 9.17) is 9.53 Å². The van der Waals surface area contributed by atoms with Crippen molar-refractivity contribution in [2.75, 3.05) is 30.4 Å². The Balaban J connectivity index is 0.000000926. The number of hydrogen-bond acceptors (Lipinski definition) is 5. The van der Waals surface area contributed by atoms with Gasteiger partial charge in [-0.3, -0.25) is 4.79 Å². The number of amides is 1. The molecule has 0 unspecified atom stereocenters. The molecule has 5 N–H and O–H groups in total. The maximum Gasteiger partial charge on any atom is 0.204 e. The molecule has 1 saturated heterocycles.